The lowest BCUT2D eigenvalue weighted by Crippen LogP contribution is -2.60. The molecule has 13 heteroatoms. The van der Waals surface area contributed by atoms with Gasteiger partial charge in [0.25, 0.3) is 10.1 Å². The smallest absolute Gasteiger partial charge is 0.331 e. The van der Waals surface area contributed by atoms with Crippen LogP contribution in [0.4, 0.5) is 0 Å². The minimum Gasteiger partial charge on any atom is -0.462 e. The fraction of sp³-hybridized carbons (Fsp3) is 0.830. The third-order valence-corrected chi connectivity index (χ3v) is 11.5. The summed E-state index contributed by atoms with van der Waals surface area (Å²) in [6.07, 6.45) is 33.9. The Labute approximate surface area is 363 Å². The van der Waals surface area contributed by atoms with E-state index in [2.05, 4.69) is 26.0 Å². The number of unbranched alkanes of at least 4 members (excludes halogenated alkanes) is 24. The predicted octanol–water partition coefficient (Wildman–Crippen LogP) is 9.78. The predicted molar refractivity (Wildman–Crippen MR) is 238 cm³/mol. The molecule has 1 rings (SSSR count). The average Bonchev–Trinajstić information content (AvgIpc) is 3.21. The number of hydrogen-bond acceptors (Lipinski definition) is 11. The molecule has 1 aliphatic rings. The van der Waals surface area contributed by atoms with Gasteiger partial charge in [-0.2, -0.15) is 8.42 Å². The highest BCUT2D eigenvalue weighted by atomic mass is 32.2. The van der Waals surface area contributed by atoms with Gasteiger partial charge in [0.1, 0.15) is 36.8 Å². The molecule has 0 aromatic carbocycles. The number of ether oxygens (including phenoxy) is 4. The summed E-state index contributed by atoms with van der Waals surface area (Å²) in [5, 5.41) is 30.9. The van der Waals surface area contributed by atoms with Crippen molar-refractivity contribution < 1.29 is 56.8 Å². The second-order valence-electron chi connectivity index (χ2n) is 16.5. The summed E-state index contributed by atoms with van der Waals surface area (Å²) >= 11 is 0. The van der Waals surface area contributed by atoms with Crippen molar-refractivity contribution in [1.82, 2.24) is 0 Å². The minimum absolute atomic E-state index is 0.198. The Morgan fingerprint density at radius 2 is 1.07 bits per heavy atom. The number of rotatable bonds is 39. The normalized spacial score (nSPS) is 20.4. The maximum Gasteiger partial charge on any atom is 0.331 e. The van der Waals surface area contributed by atoms with Crippen molar-refractivity contribution in [3.8, 4) is 0 Å². The Balaban J connectivity index is 2.47. The van der Waals surface area contributed by atoms with E-state index < -0.39 is 71.2 Å². The molecule has 0 saturated carbocycles. The number of carbonyl (C=O) groups excluding carboxylic acids is 2. The van der Waals surface area contributed by atoms with Crippen LogP contribution in [0.15, 0.2) is 36.5 Å². The first-order valence-corrected chi connectivity index (χ1v) is 25.2. The van der Waals surface area contributed by atoms with Crippen molar-refractivity contribution >= 4 is 22.1 Å². The highest BCUT2D eigenvalue weighted by molar-refractivity contribution is 7.85. The second-order valence-corrected chi connectivity index (χ2v) is 18.0. The van der Waals surface area contributed by atoms with E-state index in [-0.39, 0.29) is 13.0 Å². The Morgan fingerprint density at radius 1 is 0.600 bits per heavy atom. The standard InChI is InChI=1S/C47H84O12S/c1-3-5-7-9-11-13-15-17-19-20-22-23-25-27-29-31-33-35-42(48)56-37-40(38-57-47-46(52)45(51)44(50)41(59-47)39-60(53,54)55)58-43(49)36-34-32-30-28-26-24-21-18-16-14-12-10-8-6-4-2/h13,15,30,32,34,36,40-41,44-47,50-52H,3-12,14,16-29,31,33,35,37-39H2,1-2H3,(H,53,54,55)/b15-13+,32-30+,36-34+/t40-,41-,44-,45?,46?,47+/m1/s1. The maximum absolute atomic E-state index is 12.7. The van der Waals surface area contributed by atoms with Crippen LogP contribution in [-0.2, 0) is 38.7 Å². The third-order valence-electron chi connectivity index (χ3n) is 10.8. The molecule has 0 bridgehead atoms. The molecule has 1 fully saturated rings. The van der Waals surface area contributed by atoms with E-state index in [0.717, 1.165) is 38.5 Å². The molecule has 0 spiro atoms. The first-order chi connectivity index (χ1) is 29.0. The van der Waals surface area contributed by atoms with Crippen LogP contribution in [0.3, 0.4) is 0 Å². The molecule has 2 unspecified atom stereocenters. The summed E-state index contributed by atoms with van der Waals surface area (Å²) in [6, 6.07) is 0. The van der Waals surface area contributed by atoms with Gasteiger partial charge in [-0.3, -0.25) is 9.35 Å². The molecule has 1 saturated heterocycles. The molecular weight excluding hydrogens is 789 g/mol. The van der Waals surface area contributed by atoms with Crippen molar-refractivity contribution in [1.29, 1.82) is 0 Å². The van der Waals surface area contributed by atoms with Crippen LogP contribution in [0, 0.1) is 0 Å². The zero-order valence-electron chi connectivity index (χ0n) is 37.3. The van der Waals surface area contributed by atoms with Gasteiger partial charge in [-0.1, -0.05) is 173 Å². The van der Waals surface area contributed by atoms with E-state index in [1.54, 1.807) is 12.2 Å². The maximum atomic E-state index is 12.7. The van der Waals surface area contributed by atoms with Gasteiger partial charge < -0.3 is 34.3 Å². The van der Waals surface area contributed by atoms with Gasteiger partial charge in [0, 0.05) is 12.5 Å². The molecule has 12 nitrogen and oxygen atoms in total. The van der Waals surface area contributed by atoms with Gasteiger partial charge in [0.15, 0.2) is 12.4 Å². The number of aliphatic hydroxyl groups is 3. The molecule has 350 valence electrons. The quantitative estimate of drug-likeness (QED) is 0.0115. The Morgan fingerprint density at radius 3 is 1.58 bits per heavy atom. The summed E-state index contributed by atoms with van der Waals surface area (Å²) in [6.45, 7) is 3.66. The van der Waals surface area contributed by atoms with E-state index in [1.165, 1.54) is 134 Å². The highest BCUT2D eigenvalue weighted by Gasteiger charge is 2.46. The summed E-state index contributed by atoms with van der Waals surface area (Å²) in [4.78, 5) is 25.3. The van der Waals surface area contributed by atoms with Gasteiger partial charge in [-0.15, -0.1) is 0 Å². The van der Waals surface area contributed by atoms with Gasteiger partial charge in [0.05, 0.1) is 6.61 Å². The first kappa shape index (κ1) is 55.9. The zero-order chi connectivity index (χ0) is 44.1. The van der Waals surface area contributed by atoms with Crippen molar-refractivity contribution in [3.05, 3.63) is 36.5 Å². The molecular formula is C47H84O12S. The molecule has 6 atom stereocenters. The molecule has 0 aromatic heterocycles. The van der Waals surface area contributed by atoms with Gasteiger partial charge in [0.2, 0.25) is 0 Å². The summed E-state index contributed by atoms with van der Waals surface area (Å²) in [5.74, 6) is -2.25. The van der Waals surface area contributed by atoms with Crippen molar-refractivity contribution in [2.24, 2.45) is 0 Å². The minimum atomic E-state index is -4.61. The highest BCUT2D eigenvalue weighted by Crippen LogP contribution is 2.24. The molecule has 4 N–H and O–H groups in total. The average molecular weight is 873 g/mol. The largest absolute Gasteiger partial charge is 0.462 e. The van der Waals surface area contributed by atoms with E-state index in [1.807, 2.05) is 6.08 Å². The van der Waals surface area contributed by atoms with Crippen LogP contribution >= 0.6 is 0 Å². The molecule has 0 amide bonds. The fourth-order valence-corrected chi connectivity index (χ4v) is 7.80. The first-order valence-electron chi connectivity index (χ1n) is 23.6. The number of aliphatic hydroxyl groups excluding tert-OH is 3. The lowest BCUT2D eigenvalue weighted by Gasteiger charge is -2.40. The Hall–Kier alpha value is -2.13. The van der Waals surface area contributed by atoms with Gasteiger partial charge in [-0.25, -0.2) is 4.79 Å². The lowest BCUT2D eigenvalue weighted by atomic mass is 10.00. The number of hydrogen-bond donors (Lipinski definition) is 4. The SMILES string of the molecule is CCCCCC/C=C/CCCCCCCCCCCC(=O)OC[C@H](CO[C@H]1O[C@H](CS(=O)(=O)O)[C@@H](O)C(O)C1O)OC(=O)/C=C/C=C/CCCCCCCCCCCCC. The summed E-state index contributed by atoms with van der Waals surface area (Å²) < 4.78 is 53.9. The topological polar surface area (TPSA) is 186 Å². The van der Waals surface area contributed by atoms with Crippen molar-refractivity contribution in [2.75, 3.05) is 19.0 Å². The Kier molecular flexibility index (Phi) is 34.9. The second kappa shape index (κ2) is 37.4. The zero-order valence-corrected chi connectivity index (χ0v) is 38.1. The van der Waals surface area contributed by atoms with Gasteiger partial charge >= 0.3 is 11.9 Å². The van der Waals surface area contributed by atoms with E-state index >= 15 is 0 Å². The molecule has 0 aliphatic carbocycles. The van der Waals surface area contributed by atoms with Crippen LogP contribution in [-0.4, -0.2) is 96.0 Å². The van der Waals surface area contributed by atoms with Crippen LogP contribution in [0.5, 0.6) is 0 Å². The van der Waals surface area contributed by atoms with Crippen molar-refractivity contribution in [3.63, 3.8) is 0 Å². The van der Waals surface area contributed by atoms with Gasteiger partial charge in [-0.05, 0) is 44.9 Å². The number of esters is 2. The monoisotopic (exact) mass is 873 g/mol. The van der Waals surface area contributed by atoms with Crippen molar-refractivity contribution in [2.45, 2.75) is 230 Å². The van der Waals surface area contributed by atoms with Crippen LogP contribution in [0.2, 0.25) is 0 Å². The molecule has 0 radical (unpaired) electrons. The van der Waals surface area contributed by atoms with E-state index in [0.29, 0.717) is 6.42 Å². The Bertz CT molecular complexity index is 1250. The van der Waals surface area contributed by atoms with Crippen LogP contribution in [0.1, 0.15) is 194 Å². The molecule has 60 heavy (non-hydrogen) atoms. The summed E-state index contributed by atoms with van der Waals surface area (Å²) in [5.41, 5.74) is 0. The van der Waals surface area contributed by atoms with E-state index in [4.69, 9.17) is 18.9 Å². The third kappa shape index (κ3) is 31.7. The molecule has 1 aliphatic heterocycles. The number of carbonyl (C=O) groups is 2. The molecule has 0 aromatic rings. The fourth-order valence-electron chi connectivity index (χ4n) is 7.11. The van der Waals surface area contributed by atoms with Crippen LogP contribution < -0.4 is 0 Å². The van der Waals surface area contributed by atoms with E-state index in [9.17, 15) is 37.9 Å². The lowest BCUT2D eigenvalue weighted by molar-refractivity contribution is -0.297. The van der Waals surface area contributed by atoms with Crippen LogP contribution in [0.25, 0.3) is 0 Å². The molecule has 1 heterocycles. The summed E-state index contributed by atoms with van der Waals surface area (Å²) in [7, 11) is -4.61. The number of allylic oxidation sites excluding steroid dienone is 5.